The minimum Gasteiger partial charge on any atom is -0.369 e. The van der Waals surface area contributed by atoms with Gasteiger partial charge in [0, 0.05) is 23.5 Å². The smallest absolute Gasteiger partial charge is 0.222 e. The van der Waals surface area contributed by atoms with Gasteiger partial charge in [-0.05, 0) is 32.3 Å². The Morgan fingerprint density at radius 3 is 2.73 bits per heavy atom. The monoisotopic (exact) mass is 366 g/mol. The van der Waals surface area contributed by atoms with E-state index in [4.69, 9.17) is 5.73 Å². The topological polar surface area (TPSA) is 72.1 Å². The first kappa shape index (κ1) is 17.0. The second-order valence-electron chi connectivity index (χ2n) is 7.07. The molecule has 0 radical (unpaired) electrons. The second kappa shape index (κ2) is 6.68. The fraction of sp³-hybridized carbons (Fsp3) is 0.350. The van der Waals surface area contributed by atoms with Crippen LogP contribution in [0, 0.1) is 12.8 Å². The second-order valence-corrected chi connectivity index (χ2v) is 7.93. The summed E-state index contributed by atoms with van der Waals surface area (Å²) in [5.41, 5.74) is 9.13. The van der Waals surface area contributed by atoms with E-state index >= 15 is 0 Å². The van der Waals surface area contributed by atoms with Gasteiger partial charge in [-0.2, -0.15) is 0 Å². The minimum atomic E-state index is -0.226. The number of aryl methyl sites for hydroxylation is 1. The molecule has 1 aliphatic heterocycles. The summed E-state index contributed by atoms with van der Waals surface area (Å²) in [5, 5.41) is 3.21. The fourth-order valence-corrected chi connectivity index (χ4v) is 4.57. The summed E-state index contributed by atoms with van der Waals surface area (Å²) in [6.07, 6.45) is 3.40. The van der Waals surface area contributed by atoms with Crippen LogP contribution < -0.4 is 10.6 Å². The molecule has 1 saturated heterocycles. The average molecular weight is 366 g/mol. The van der Waals surface area contributed by atoms with Crippen molar-refractivity contribution in [2.24, 2.45) is 11.7 Å². The van der Waals surface area contributed by atoms with E-state index in [0.717, 1.165) is 40.0 Å². The molecule has 1 aromatic carbocycles. The van der Waals surface area contributed by atoms with Crippen LogP contribution in [-0.2, 0) is 4.79 Å². The predicted molar refractivity (Wildman–Crippen MR) is 106 cm³/mol. The first-order valence-electron chi connectivity index (χ1n) is 8.90. The number of amides is 1. The van der Waals surface area contributed by atoms with Gasteiger partial charge in [-0.15, -0.1) is 11.3 Å². The zero-order valence-corrected chi connectivity index (χ0v) is 15.8. The number of thiophene rings is 1. The highest BCUT2D eigenvalue weighted by Gasteiger charge is 2.31. The van der Waals surface area contributed by atoms with Crippen LogP contribution in [0.25, 0.3) is 21.3 Å². The van der Waals surface area contributed by atoms with Crippen LogP contribution in [0.15, 0.2) is 36.0 Å². The van der Waals surface area contributed by atoms with Gasteiger partial charge in [0.2, 0.25) is 5.91 Å². The zero-order chi connectivity index (χ0) is 18.3. The Kier molecular flexibility index (Phi) is 4.36. The summed E-state index contributed by atoms with van der Waals surface area (Å²) in [4.78, 5) is 24.0. The number of hydrogen-bond acceptors (Lipinski definition) is 5. The highest BCUT2D eigenvalue weighted by Crippen LogP contribution is 2.39. The minimum absolute atomic E-state index is 0.127. The first-order chi connectivity index (χ1) is 12.5. The third-order valence-electron chi connectivity index (χ3n) is 5.27. The van der Waals surface area contributed by atoms with Gasteiger partial charge in [-0.1, -0.05) is 29.8 Å². The Labute approximate surface area is 156 Å². The average Bonchev–Trinajstić information content (AvgIpc) is 3.07. The van der Waals surface area contributed by atoms with Crippen LogP contribution >= 0.6 is 11.3 Å². The maximum Gasteiger partial charge on any atom is 0.222 e. The van der Waals surface area contributed by atoms with E-state index in [2.05, 4.69) is 58.4 Å². The number of benzene rings is 1. The highest BCUT2D eigenvalue weighted by atomic mass is 32.1. The van der Waals surface area contributed by atoms with E-state index in [1.165, 1.54) is 5.56 Å². The van der Waals surface area contributed by atoms with Gasteiger partial charge in [0.1, 0.15) is 17.0 Å². The van der Waals surface area contributed by atoms with Crippen LogP contribution in [0.5, 0.6) is 0 Å². The van der Waals surface area contributed by atoms with Crippen molar-refractivity contribution in [3.8, 4) is 11.1 Å². The van der Waals surface area contributed by atoms with Crippen molar-refractivity contribution in [1.82, 2.24) is 9.97 Å². The summed E-state index contributed by atoms with van der Waals surface area (Å²) < 4.78 is 0. The molecular formula is C20H22N4OS. The molecule has 2 aromatic heterocycles. The quantitative estimate of drug-likeness (QED) is 0.766. The Balaban J connectivity index is 1.83. The number of carbonyl (C=O) groups is 1. The highest BCUT2D eigenvalue weighted by molar-refractivity contribution is 7.17. The molecule has 1 fully saturated rings. The normalized spacial score (nSPS) is 20.5. The lowest BCUT2D eigenvalue weighted by Crippen LogP contribution is -2.46. The van der Waals surface area contributed by atoms with Crippen molar-refractivity contribution in [3.05, 3.63) is 41.5 Å². The standard InChI is InChI=1S/C20H22N4OS/c1-12-3-6-14(7-4-12)16-10-26-20-17(16)19(22-11-23-20)24-9-15(18(21)25)8-5-13(24)2/h3-4,6-7,10-11,13,15H,5,8-9H2,1-2H3,(H2,21,25)/t13-,15+/m1/s1. The summed E-state index contributed by atoms with van der Waals surface area (Å²) in [7, 11) is 0. The SMILES string of the molecule is Cc1ccc(-c2csc3ncnc(N4C[C@@H](C(N)=O)CC[C@H]4C)c23)cc1. The van der Waals surface area contributed by atoms with Crippen LogP contribution in [0.2, 0.25) is 0 Å². The molecule has 0 saturated carbocycles. The van der Waals surface area contributed by atoms with Gasteiger partial charge in [0.15, 0.2) is 0 Å². The third-order valence-corrected chi connectivity index (χ3v) is 6.16. The van der Waals surface area contributed by atoms with E-state index in [9.17, 15) is 4.79 Å². The Morgan fingerprint density at radius 1 is 1.23 bits per heavy atom. The van der Waals surface area contributed by atoms with E-state index in [-0.39, 0.29) is 11.8 Å². The molecule has 0 aliphatic carbocycles. The Bertz CT molecular complexity index is 950. The third kappa shape index (κ3) is 2.94. The van der Waals surface area contributed by atoms with Gasteiger partial charge in [-0.3, -0.25) is 4.79 Å². The molecule has 3 heterocycles. The molecule has 2 atom stereocenters. The van der Waals surface area contributed by atoms with Gasteiger partial charge in [0.05, 0.1) is 11.3 Å². The first-order valence-corrected chi connectivity index (χ1v) is 9.77. The van der Waals surface area contributed by atoms with Crippen molar-refractivity contribution < 1.29 is 4.79 Å². The van der Waals surface area contributed by atoms with Crippen molar-refractivity contribution in [1.29, 1.82) is 0 Å². The number of piperidine rings is 1. The lowest BCUT2D eigenvalue weighted by atomic mass is 9.92. The summed E-state index contributed by atoms with van der Waals surface area (Å²) in [6, 6.07) is 8.83. The predicted octanol–water partition coefficient (Wildman–Crippen LogP) is 3.76. The number of nitrogens with two attached hydrogens (primary N) is 1. The number of fused-ring (bicyclic) bond motifs is 1. The maximum atomic E-state index is 11.7. The van der Waals surface area contributed by atoms with Crippen molar-refractivity contribution in [2.75, 3.05) is 11.4 Å². The van der Waals surface area contributed by atoms with Gasteiger partial charge in [0.25, 0.3) is 0 Å². The molecule has 134 valence electrons. The Hall–Kier alpha value is -2.47. The molecule has 0 bridgehead atoms. The number of rotatable bonds is 3. The van der Waals surface area contributed by atoms with Crippen LogP contribution in [0.1, 0.15) is 25.3 Å². The molecule has 2 N–H and O–H groups in total. The van der Waals surface area contributed by atoms with Gasteiger partial charge in [-0.25, -0.2) is 9.97 Å². The summed E-state index contributed by atoms with van der Waals surface area (Å²) >= 11 is 1.63. The molecule has 6 heteroatoms. The van der Waals surface area contributed by atoms with E-state index in [1.807, 2.05) is 0 Å². The van der Waals surface area contributed by atoms with Gasteiger partial charge >= 0.3 is 0 Å². The number of hydrogen-bond donors (Lipinski definition) is 1. The van der Waals surface area contributed by atoms with Crippen molar-refractivity contribution in [3.63, 3.8) is 0 Å². The van der Waals surface area contributed by atoms with Crippen LogP contribution in [0.4, 0.5) is 5.82 Å². The molecular weight excluding hydrogens is 344 g/mol. The molecule has 5 nitrogen and oxygen atoms in total. The van der Waals surface area contributed by atoms with E-state index in [1.54, 1.807) is 17.7 Å². The molecule has 0 spiro atoms. The molecule has 1 aliphatic rings. The molecule has 26 heavy (non-hydrogen) atoms. The van der Waals surface area contributed by atoms with E-state index < -0.39 is 0 Å². The lowest BCUT2D eigenvalue weighted by molar-refractivity contribution is -0.122. The Morgan fingerprint density at radius 2 is 2.00 bits per heavy atom. The molecule has 1 amide bonds. The van der Waals surface area contributed by atoms with Crippen LogP contribution in [-0.4, -0.2) is 28.5 Å². The molecule has 0 unspecified atom stereocenters. The number of aromatic nitrogens is 2. The molecule has 3 aromatic rings. The number of anilines is 1. The fourth-order valence-electron chi connectivity index (χ4n) is 3.66. The van der Waals surface area contributed by atoms with Crippen LogP contribution in [0.3, 0.4) is 0 Å². The summed E-state index contributed by atoms with van der Waals surface area (Å²) in [6.45, 7) is 4.89. The number of primary amides is 1. The van der Waals surface area contributed by atoms with E-state index in [0.29, 0.717) is 12.6 Å². The molecule has 4 rings (SSSR count). The van der Waals surface area contributed by atoms with Crippen molar-refractivity contribution in [2.45, 2.75) is 32.7 Å². The number of nitrogens with zero attached hydrogens (tertiary/aromatic N) is 3. The lowest BCUT2D eigenvalue weighted by Gasteiger charge is -2.38. The largest absolute Gasteiger partial charge is 0.369 e. The zero-order valence-electron chi connectivity index (χ0n) is 15.0. The van der Waals surface area contributed by atoms with Crippen molar-refractivity contribution >= 4 is 33.3 Å². The maximum absolute atomic E-state index is 11.7. The van der Waals surface area contributed by atoms with Gasteiger partial charge < -0.3 is 10.6 Å². The summed E-state index contributed by atoms with van der Waals surface area (Å²) in [5.74, 6) is 0.555. The number of carbonyl (C=O) groups excluding carboxylic acids is 1.